The highest BCUT2D eigenvalue weighted by molar-refractivity contribution is 6.19. The van der Waals surface area contributed by atoms with Crippen molar-refractivity contribution in [2.75, 3.05) is 13.2 Å². The van der Waals surface area contributed by atoms with Crippen molar-refractivity contribution >= 4 is 11.6 Å². The minimum Gasteiger partial charge on any atom is -0.371 e. The van der Waals surface area contributed by atoms with E-state index in [-0.39, 0.29) is 12.6 Å². The summed E-state index contributed by atoms with van der Waals surface area (Å²) in [4.78, 5) is 38.1. The fourth-order valence-corrected chi connectivity index (χ4v) is 2.84. The third-order valence-corrected chi connectivity index (χ3v) is 4.45. The lowest BCUT2D eigenvalue weighted by molar-refractivity contribution is 0.341. The molecule has 3 heterocycles. The number of epoxide rings is 2. The predicted molar refractivity (Wildman–Crippen MR) is 84.9 cm³/mol. The van der Waals surface area contributed by atoms with Crippen molar-refractivity contribution < 1.29 is 9.47 Å². The largest absolute Gasteiger partial charge is 0.371 e. The third-order valence-electron chi connectivity index (χ3n) is 3.97. The van der Waals surface area contributed by atoms with E-state index in [9.17, 15) is 14.4 Å². The first-order valence-corrected chi connectivity index (χ1v) is 7.92. The molecule has 3 atom stereocenters. The normalized spacial score (nSPS) is 23.0. The van der Waals surface area contributed by atoms with Gasteiger partial charge in [0.2, 0.25) is 0 Å². The molecule has 0 aliphatic carbocycles. The molecule has 2 fully saturated rings. The summed E-state index contributed by atoms with van der Waals surface area (Å²) in [7, 11) is 0. The third kappa shape index (κ3) is 2.62. The maximum atomic E-state index is 12.8. The van der Waals surface area contributed by atoms with E-state index in [1.807, 2.05) is 0 Å². The second-order valence-corrected chi connectivity index (χ2v) is 6.15. The number of aromatic nitrogens is 3. The number of halogens is 1. The average molecular weight is 352 g/mol. The van der Waals surface area contributed by atoms with Gasteiger partial charge in [-0.3, -0.25) is 0 Å². The SMILES string of the molecule is O=c1n(CC2CO2)c(=O)n(C(Cl)C2CO2)c(=O)n1-c1ccccc1. The zero-order chi connectivity index (χ0) is 16.8. The van der Waals surface area contributed by atoms with E-state index in [1.165, 1.54) is 0 Å². The van der Waals surface area contributed by atoms with Gasteiger partial charge in [-0.15, -0.1) is 0 Å². The Labute approximate surface area is 140 Å². The lowest BCUT2D eigenvalue weighted by Crippen LogP contribution is -2.55. The Bertz CT molecular complexity index is 940. The van der Waals surface area contributed by atoms with Crippen molar-refractivity contribution in [2.24, 2.45) is 0 Å². The molecule has 9 heteroatoms. The van der Waals surface area contributed by atoms with Crippen molar-refractivity contribution in [3.63, 3.8) is 0 Å². The number of rotatable bonds is 5. The zero-order valence-electron chi connectivity index (χ0n) is 12.5. The Balaban J connectivity index is 1.98. The van der Waals surface area contributed by atoms with Crippen LogP contribution in [0.25, 0.3) is 5.69 Å². The van der Waals surface area contributed by atoms with E-state index in [0.29, 0.717) is 18.9 Å². The van der Waals surface area contributed by atoms with E-state index in [0.717, 1.165) is 13.7 Å². The Kier molecular flexibility index (Phi) is 3.67. The number of alkyl halides is 1. The molecule has 0 amide bonds. The van der Waals surface area contributed by atoms with Gasteiger partial charge in [0, 0.05) is 0 Å². The van der Waals surface area contributed by atoms with Crippen LogP contribution in [-0.2, 0) is 16.0 Å². The van der Waals surface area contributed by atoms with E-state index in [4.69, 9.17) is 21.1 Å². The highest BCUT2D eigenvalue weighted by Crippen LogP contribution is 2.26. The first-order valence-electron chi connectivity index (χ1n) is 7.49. The summed E-state index contributed by atoms with van der Waals surface area (Å²) in [6, 6.07) is 8.41. The molecule has 2 saturated heterocycles. The van der Waals surface area contributed by atoms with Gasteiger partial charge in [0.1, 0.15) is 11.6 Å². The summed E-state index contributed by atoms with van der Waals surface area (Å²) in [5.74, 6) is 0. The lowest BCUT2D eigenvalue weighted by atomic mass is 10.3. The van der Waals surface area contributed by atoms with Gasteiger partial charge in [0.05, 0.1) is 31.5 Å². The number of hydrogen-bond acceptors (Lipinski definition) is 5. The zero-order valence-corrected chi connectivity index (χ0v) is 13.3. The van der Waals surface area contributed by atoms with Crippen molar-refractivity contribution in [1.82, 2.24) is 13.7 Å². The van der Waals surface area contributed by atoms with E-state index in [2.05, 4.69) is 0 Å². The first kappa shape index (κ1) is 15.4. The Morgan fingerprint density at radius 3 is 2.29 bits per heavy atom. The number of para-hydroxylation sites is 1. The van der Waals surface area contributed by atoms with Crippen LogP contribution in [0.5, 0.6) is 0 Å². The van der Waals surface area contributed by atoms with Gasteiger partial charge in [-0.25, -0.2) is 28.1 Å². The molecule has 4 rings (SSSR count). The first-order chi connectivity index (χ1) is 11.6. The summed E-state index contributed by atoms with van der Waals surface area (Å²) < 4.78 is 13.0. The molecule has 2 aliphatic rings. The summed E-state index contributed by atoms with van der Waals surface area (Å²) in [5.41, 5.74) is -2.83. The predicted octanol–water partition coefficient (Wildman–Crippen LogP) is -0.304. The van der Waals surface area contributed by atoms with Gasteiger partial charge >= 0.3 is 17.1 Å². The van der Waals surface area contributed by atoms with E-state index in [1.54, 1.807) is 30.3 Å². The quantitative estimate of drug-likeness (QED) is 0.544. The maximum absolute atomic E-state index is 12.8. The number of nitrogens with zero attached hydrogens (tertiary/aromatic N) is 3. The molecule has 0 spiro atoms. The van der Waals surface area contributed by atoms with Crippen LogP contribution < -0.4 is 17.1 Å². The van der Waals surface area contributed by atoms with Crippen molar-refractivity contribution in [1.29, 1.82) is 0 Å². The molecule has 8 nitrogen and oxygen atoms in total. The summed E-state index contributed by atoms with van der Waals surface area (Å²) in [5, 5.41) is 0. The van der Waals surface area contributed by atoms with Crippen LogP contribution in [0.1, 0.15) is 5.50 Å². The second kappa shape index (κ2) is 5.73. The van der Waals surface area contributed by atoms with Gasteiger partial charge in [0.15, 0.2) is 0 Å². The van der Waals surface area contributed by atoms with Crippen LogP contribution in [0.4, 0.5) is 0 Å². The van der Waals surface area contributed by atoms with Crippen LogP contribution in [0.2, 0.25) is 0 Å². The van der Waals surface area contributed by atoms with Crippen LogP contribution in [0, 0.1) is 0 Å². The molecule has 24 heavy (non-hydrogen) atoms. The Hall–Kier alpha value is -2.16. The standard InChI is InChI=1S/C15H14ClN3O5/c16-12(11-8-24-11)19-14(21)17(6-10-7-23-10)13(20)18(15(19)22)9-4-2-1-3-5-9/h1-5,10-12H,6-8H2. The van der Waals surface area contributed by atoms with E-state index >= 15 is 0 Å². The van der Waals surface area contributed by atoms with Gasteiger partial charge in [-0.2, -0.15) is 0 Å². The topological polar surface area (TPSA) is 91.1 Å². The van der Waals surface area contributed by atoms with Gasteiger partial charge in [-0.05, 0) is 12.1 Å². The molecule has 2 aliphatic heterocycles. The highest BCUT2D eigenvalue weighted by Gasteiger charge is 2.36. The molecule has 2 aromatic rings. The maximum Gasteiger partial charge on any atom is 0.342 e. The molecule has 0 saturated carbocycles. The second-order valence-electron chi connectivity index (χ2n) is 5.70. The van der Waals surface area contributed by atoms with Crippen molar-refractivity contribution in [2.45, 2.75) is 24.3 Å². The molecule has 0 radical (unpaired) electrons. The van der Waals surface area contributed by atoms with Crippen molar-refractivity contribution in [3.8, 4) is 5.69 Å². The molecule has 0 bridgehead atoms. The lowest BCUT2D eigenvalue weighted by Gasteiger charge is -2.15. The van der Waals surface area contributed by atoms with Crippen LogP contribution in [0.15, 0.2) is 44.7 Å². The van der Waals surface area contributed by atoms with Gasteiger partial charge < -0.3 is 9.47 Å². The molecule has 0 N–H and O–H groups in total. The van der Waals surface area contributed by atoms with E-state index < -0.39 is 28.7 Å². The fourth-order valence-electron chi connectivity index (χ4n) is 2.53. The number of ether oxygens (including phenoxy) is 2. The Morgan fingerprint density at radius 1 is 1.04 bits per heavy atom. The smallest absolute Gasteiger partial charge is 0.342 e. The molecule has 126 valence electrons. The monoisotopic (exact) mass is 351 g/mol. The van der Waals surface area contributed by atoms with Crippen LogP contribution in [-0.4, -0.2) is 39.1 Å². The summed E-state index contributed by atoms with van der Waals surface area (Å²) in [6.45, 7) is 0.933. The summed E-state index contributed by atoms with van der Waals surface area (Å²) in [6.07, 6.45) is -0.610. The molecular formula is C15H14ClN3O5. The molecule has 1 aromatic carbocycles. The number of hydrogen-bond donors (Lipinski definition) is 0. The summed E-state index contributed by atoms with van der Waals surface area (Å²) >= 11 is 6.23. The van der Waals surface area contributed by atoms with Gasteiger partial charge in [0.25, 0.3) is 0 Å². The fraction of sp³-hybridized carbons (Fsp3) is 0.400. The minimum absolute atomic E-state index is 0.0832. The molecule has 3 unspecified atom stereocenters. The molecular weight excluding hydrogens is 338 g/mol. The van der Waals surface area contributed by atoms with Crippen molar-refractivity contribution in [3.05, 3.63) is 61.8 Å². The Morgan fingerprint density at radius 2 is 1.71 bits per heavy atom. The minimum atomic E-state index is -0.966. The number of benzene rings is 1. The highest BCUT2D eigenvalue weighted by atomic mass is 35.5. The van der Waals surface area contributed by atoms with Crippen LogP contribution >= 0.6 is 11.6 Å². The average Bonchev–Trinajstić information content (AvgIpc) is 3.47. The van der Waals surface area contributed by atoms with Crippen LogP contribution in [0.3, 0.4) is 0 Å². The molecule has 1 aromatic heterocycles. The van der Waals surface area contributed by atoms with Gasteiger partial charge in [-0.1, -0.05) is 29.8 Å².